The van der Waals surface area contributed by atoms with Crippen LogP contribution in [0.5, 0.6) is 0 Å². The third kappa shape index (κ3) is 2.67. The van der Waals surface area contributed by atoms with E-state index in [9.17, 15) is 4.79 Å². The molecule has 3 nitrogen and oxygen atoms in total. The van der Waals surface area contributed by atoms with Crippen LogP contribution in [0, 0.1) is 11.3 Å². The maximum absolute atomic E-state index is 11.4. The molecule has 1 rings (SSSR count). The third-order valence-electron chi connectivity index (χ3n) is 1.92. The molecule has 0 aliphatic heterocycles. The summed E-state index contributed by atoms with van der Waals surface area (Å²) in [4.78, 5) is 11.4. The average molecular weight is 221 g/mol. The van der Waals surface area contributed by atoms with Gasteiger partial charge >= 0.3 is 5.97 Å². The van der Waals surface area contributed by atoms with Crippen LogP contribution in [-0.4, -0.2) is 12.6 Å². The average Bonchev–Trinajstić information content (AvgIpc) is 2.71. The quantitative estimate of drug-likeness (QED) is 0.448. The molecule has 0 atom stereocenters. The molecule has 0 fully saturated rings. The van der Waals surface area contributed by atoms with Crippen LogP contribution >= 0.6 is 11.3 Å². The fourth-order valence-corrected chi connectivity index (χ4v) is 1.81. The second kappa shape index (κ2) is 5.32. The first-order valence-corrected chi connectivity index (χ1v) is 5.45. The van der Waals surface area contributed by atoms with Gasteiger partial charge in [-0.1, -0.05) is 0 Å². The summed E-state index contributed by atoms with van der Waals surface area (Å²) in [5.41, 5.74) is 1.64. The summed E-state index contributed by atoms with van der Waals surface area (Å²) in [6, 6.07) is 3.76. The van der Waals surface area contributed by atoms with E-state index in [-0.39, 0.29) is 12.2 Å². The summed E-state index contributed by atoms with van der Waals surface area (Å²) in [6.45, 7) is 3.74. The summed E-state index contributed by atoms with van der Waals surface area (Å²) in [5.74, 6) is -0.552. The highest BCUT2D eigenvalue weighted by Crippen LogP contribution is 2.21. The highest BCUT2D eigenvalue weighted by molar-refractivity contribution is 7.08. The highest BCUT2D eigenvalue weighted by atomic mass is 32.1. The van der Waals surface area contributed by atoms with Gasteiger partial charge in [0.2, 0.25) is 0 Å². The Bertz CT molecular complexity index is 412. The van der Waals surface area contributed by atoms with E-state index >= 15 is 0 Å². The van der Waals surface area contributed by atoms with Crippen LogP contribution in [-0.2, 0) is 9.53 Å². The minimum Gasteiger partial charge on any atom is -0.462 e. The van der Waals surface area contributed by atoms with Crippen LogP contribution in [0.3, 0.4) is 0 Å². The maximum atomic E-state index is 11.4. The van der Waals surface area contributed by atoms with Crippen molar-refractivity contribution in [1.29, 1.82) is 5.26 Å². The number of rotatable bonds is 3. The number of carbonyl (C=O) groups excluding carboxylic acids is 1. The molecule has 1 heterocycles. The molecular weight excluding hydrogens is 210 g/mol. The predicted molar refractivity (Wildman–Crippen MR) is 59.2 cm³/mol. The number of nitriles is 1. The molecule has 0 spiro atoms. The zero-order valence-electron chi connectivity index (χ0n) is 8.61. The number of hydrogen-bond donors (Lipinski definition) is 0. The monoisotopic (exact) mass is 221 g/mol. The normalized spacial score (nSPS) is 11.5. The lowest BCUT2D eigenvalue weighted by Gasteiger charge is -2.03. The highest BCUT2D eigenvalue weighted by Gasteiger charge is 2.14. The van der Waals surface area contributed by atoms with Gasteiger partial charge in [-0.3, -0.25) is 0 Å². The second-order valence-corrected chi connectivity index (χ2v) is 3.62. The van der Waals surface area contributed by atoms with Crippen molar-refractivity contribution in [3.8, 4) is 6.07 Å². The Balaban J connectivity index is 3.05. The van der Waals surface area contributed by atoms with E-state index in [1.807, 2.05) is 22.9 Å². The minimum absolute atomic E-state index is 0.0789. The largest absolute Gasteiger partial charge is 0.462 e. The fraction of sp³-hybridized carbons (Fsp3) is 0.273. The molecule has 78 valence electrons. The van der Waals surface area contributed by atoms with Crippen molar-refractivity contribution < 1.29 is 9.53 Å². The smallest absolute Gasteiger partial charge is 0.349 e. The zero-order valence-corrected chi connectivity index (χ0v) is 9.43. The fourth-order valence-electron chi connectivity index (χ4n) is 1.11. The Morgan fingerprint density at radius 1 is 1.67 bits per heavy atom. The molecule has 0 amide bonds. The molecule has 0 bridgehead atoms. The van der Waals surface area contributed by atoms with Crippen molar-refractivity contribution in [2.75, 3.05) is 6.61 Å². The number of hydrogen-bond acceptors (Lipinski definition) is 4. The van der Waals surface area contributed by atoms with Gasteiger partial charge in [0.25, 0.3) is 0 Å². The first-order valence-electron chi connectivity index (χ1n) is 4.51. The van der Waals surface area contributed by atoms with Crippen molar-refractivity contribution in [2.45, 2.75) is 13.8 Å². The van der Waals surface area contributed by atoms with E-state index in [1.54, 1.807) is 13.8 Å². The molecule has 0 aromatic carbocycles. The summed E-state index contributed by atoms with van der Waals surface area (Å²) >= 11 is 1.53. The van der Waals surface area contributed by atoms with E-state index in [4.69, 9.17) is 10.00 Å². The van der Waals surface area contributed by atoms with Crippen molar-refractivity contribution in [3.63, 3.8) is 0 Å². The molecule has 0 aliphatic carbocycles. The molecule has 1 aromatic heterocycles. The minimum atomic E-state index is -0.552. The molecule has 0 N–H and O–H groups in total. The summed E-state index contributed by atoms with van der Waals surface area (Å²) < 4.78 is 4.80. The van der Waals surface area contributed by atoms with E-state index in [0.717, 1.165) is 5.56 Å². The van der Waals surface area contributed by atoms with Crippen LogP contribution in [0.25, 0.3) is 5.57 Å². The summed E-state index contributed by atoms with van der Waals surface area (Å²) in [7, 11) is 0. The number of allylic oxidation sites excluding steroid dienone is 1. The van der Waals surface area contributed by atoms with E-state index in [2.05, 4.69) is 0 Å². The van der Waals surface area contributed by atoms with Gasteiger partial charge < -0.3 is 4.74 Å². The molecule has 0 radical (unpaired) electrons. The molecule has 0 unspecified atom stereocenters. The zero-order chi connectivity index (χ0) is 11.3. The van der Waals surface area contributed by atoms with E-state index < -0.39 is 5.97 Å². The lowest BCUT2D eigenvalue weighted by atomic mass is 10.1. The third-order valence-corrected chi connectivity index (χ3v) is 2.60. The number of carbonyl (C=O) groups is 1. The molecular formula is C11H11NO2S. The van der Waals surface area contributed by atoms with Gasteiger partial charge in [0.05, 0.1) is 6.61 Å². The molecule has 4 heteroatoms. The van der Waals surface area contributed by atoms with Crippen LogP contribution in [0.15, 0.2) is 22.4 Å². The molecule has 15 heavy (non-hydrogen) atoms. The van der Waals surface area contributed by atoms with Gasteiger partial charge in [-0.25, -0.2) is 4.79 Å². The molecule has 0 saturated carbocycles. The number of nitrogens with zero attached hydrogens (tertiary/aromatic N) is 1. The number of ether oxygens (including phenoxy) is 1. The Morgan fingerprint density at radius 3 is 2.87 bits per heavy atom. The van der Waals surface area contributed by atoms with Crippen molar-refractivity contribution in [3.05, 3.63) is 28.0 Å². The lowest BCUT2D eigenvalue weighted by Crippen LogP contribution is -2.07. The first-order chi connectivity index (χ1) is 7.20. The molecule has 0 aliphatic rings. The summed E-state index contributed by atoms with van der Waals surface area (Å²) in [5, 5.41) is 12.7. The Hall–Kier alpha value is -1.60. The van der Waals surface area contributed by atoms with E-state index in [0.29, 0.717) is 5.57 Å². The Kier molecular flexibility index (Phi) is 4.07. The van der Waals surface area contributed by atoms with Crippen LogP contribution < -0.4 is 0 Å². The van der Waals surface area contributed by atoms with Gasteiger partial charge in [0.15, 0.2) is 0 Å². The second-order valence-electron chi connectivity index (χ2n) is 2.84. The molecule has 0 saturated heterocycles. The van der Waals surface area contributed by atoms with Crippen LogP contribution in [0.4, 0.5) is 0 Å². The predicted octanol–water partition coefficient (Wildman–Crippen LogP) is 2.61. The van der Waals surface area contributed by atoms with Crippen molar-refractivity contribution >= 4 is 22.9 Å². The topological polar surface area (TPSA) is 50.1 Å². The van der Waals surface area contributed by atoms with Crippen LogP contribution in [0.2, 0.25) is 0 Å². The van der Waals surface area contributed by atoms with E-state index in [1.165, 1.54) is 11.3 Å². The van der Waals surface area contributed by atoms with Gasteiger partial charge in [0.1, 0.15) is 11.6 Å². The number of thiophene rings is 1. The standard InChI is InChI=1S/C11H11NO2S/c1-3-14-11(13)10(6-12)8(2)9-4-5-15-7-9/h4-5,7H,3H2,1-2H3. The van der Waals surface area contributed by atoms with Gasteiger partial charge in [0, 0.05) is 0 Å². The Labute approximate surface area is 92.6 Å². The van der Waals surface area contributed by atoms with Gasteiger partial charge in [-0.2, -0.15) is 16.6 Å². The Morgan fingerprint density at radius 2 is 2.40 bits per heavy atom. The SMILES string of the molecule is CCOC(=O)C(C#N)=C(C)c1ccsc1. The van der Waals surface area contributed by atoms with Crippen molar-refractivity contribution in [2.24, 2.45) is 0 Å². The van der Waals surface area contributed by atoms with Gasteiger partial charge in [-0.05, 0) is 41.8 Å². The number of esters is 1. The lowest BCUT2D eigenvalue weighted by molar-refractivity contribution is -0.137. The van der Waals surface area contributed by atoms with Crippen molar-refractivity contribution in [1.82, 2.24) is 0 Å². The maximum Gasteiger partial charge on any atom is 0.349 e. The van der Waals surface area contributed by atoms with Crippen LogP contribution in [0.1, 0.15) is 19.4 Å². The summed E-state index contributed by atoms with van der Waals surface area (Å²) in [6.07, 6.45) is 0. The van der Waals surface area contributed by atoms with Gasteiger partial charge in [-0.15, -0.1) is 0 Å². The first kappa shape index (κ1) is 11.5. The molecule has 1 aromatic rings.